The van der Waals surface area contributed by atoms with Crippen LogP contribution >= 0.6 is 50.7 Å². The summed E-state index contributed by atoms with van der Waals surface area (Å²) in [6.07, 6.45) is -2.33. The molecular formula is C24H21BrCl3F3N2O2. The number of nitrogens with one attached hydrogen (secondary N) is 1. The van der Waals surface area contributed by atoms with E-state index in [1.165, 1.54) is 6.92 Å². The fourth-order valence-corrected chi connectivity index (χ4v) is 5.00. The predicted molar refractivity (Wildman–Crippen MR) is 136 cm³/mol. The number of allylic oxidation sites excluding steroid dienone is 2. The Kier molecular flexibility index (Phi) is 9.18. The quantitative estimate of drug-likeness (QED) is 0.360. The number of hydrogen-bond acceptors (Lipinski definition) is 2. The topological polar surface area (TPSA) is 49.4 Å². The lowest BCUT2D eigenvalue weighted by atomic mass is 10.0. The molecule has 11 heteroatoms. The second-order valence-corrected chi connectivity index (χ2v) is 10.2. The lowest BCUT2D eigenvalue weighted by molar-refractivity contribution is -0.129. The average Bonchev–Trinajstić information content (AvgIpc) is 2.77. The van der Waals surface area contributed by atoms with E-state index < -0.39 is 11.7 Å². The van der Waals surface area contributed by atoms with Crippen molar-refractivity contribution < 1.29 is 22.8 Å². The molecule has 2 amide bonds. The number of alkyl halides is 3. The fourth-order valence-electron chi connectivity index (χ4n) is 3.80. The molecule has 1 aliphatic heterocycles. The molecule has 0 aromatic heterocycles. The van der Waals surface area contributed by atoms with Gasteiger partial charge in [-0.2, -0.15) is 13.2 Å². The first-order valence-corrected chi connectivity index (χ1v) is 12.6. The summed E-state index contributed by atoms with van der Waals surface area (Å²) in [6, 6.07) is 6.97. The molecule has 1 N–H and O–H groups in total. The van der Waals surface area contributed by atoms with Crippen LogP contribution in [0.5, 0.6) is 0 Å². The minimum absolute atomic E-state index is 0.0121. The molecule has 0 saturated carbocycles. The van der Waals surface area contributed by atoms with Crippen LogP contribution in [0.2, 0.25) is 15.1 Å². The van der Waals surface area contributed by atoms with Gasteiger partial charge >= 0.3 is 6.18 Å². The van der Waals surface area contributed by atoms with Crippen LogP contribution in [-0.2, 0) is 11.2 Å². The summed E-state index contributed by atoms with van der Waals surface area (Å²) < 4.78 is 41.7. The first-order chi connectivity index (χ1) is 16.4. The number of carbonyl (C=O) groups is 2. The maximum absolute atomic E-state index is 13.7. The summed E-state index contributed by atoms with van der Waals surface area (Å²) in [7, 11) is 0. The fraction of sp³-hybridized carbons (Fsp3) is 0.333. The molecule has 1 heterocycles. The Labute approximate surface area is 224 Å². The smallest absolute Gasteiger partial charge is 0.349 e. The molecule has 0 radical (unpaired) electrons. The van der Waals surface area contributed by atoms with E-state index in [4.69, 9.17) is 34.8 Å². The first-order valence-electron chi connectivity index (χ1n) is 10.6. The van der Waals surface area contributed by atoms with Crippen molar-refractivity contribution in [1.29, 1.82) is 0 Å². The molecule has 1 aliphatic rings. The van der Waals surface area contributed by atoms with E-state index in [0.717, 1.165) is 18.2 Å². The highest BCUT2D eigenvalue weighted by atomic mass is 79.9. The summed E-state index contributed by atoms with van der Waals surface area (Å²) in [5.74, 6) is -0.278. The molecule has 2 aromatic carbocycles. The van der Waals surface area contributed by atoms with Gasteiger partial charge in [-0.1, -0.05) is 46.9 Å². The molecule has 188 valence electrons. The standard InChI is InChI=1S/C24H21BrCl3F3N2O2/c1-13(34)33-8-6-16(7-9-33)32-23(35)17-4-2-14(10-19(17)25)3-5-18(24(29,30)31)15-11-20(26)22(28)21(27)12-15/h2,4-5,10-12,16H,3,6-9H2,1H3,(H,32,35). The number of piperidine rings is 1. The van der Waals surface area contributed by atoms with Crippen LogP contribution in [0, 0.1) is 0 Å². The highest BCUT2D eigenvalue weighted by Crippen LogP contribution is 2.39. The second-order valence-electron chi connectivity index (χ2n) is 8.14. The van der Waals surface area contributed by atoms with E-state index in [2.05, 4.69) is 21.2 Å². The van der Waals surface area contributed by atoms with E-state index in [9.17, 15) is 22.8 Å². The molecule has 0 aliphatic carbocycles. The number of halogens is 7. The van der Waals surface area contributed by atoms with Crippen LogP contribution in [0.3, 0.4) is 0 Å². The van der Waals surface area contributed by atoms with Gasteiger partial charge in [-0.3, -0.25) is 9.59 Å². The molecule has 0 spiro atoms. The van der Waals surface area contributed by atoms with Gasteiger partial charge in [0.1, 0.15) is 0 Å². The third-order valence-corrected chi connectivity index (χ3v) is 7.55. The highest BCUT2D eigenvalue weighted by Gasteiger charge is 2.35. The molecule has 1 saturated heterocycles. The third kappa shape index (κ3) is 7.15. The number of amides is 2. The van der Waals surface area contributed by atoms with Crippen LogP contribution in [0.1, 0.15) is 41.3 Å². The van der Waals surface area contributed by atoms with Crippen molar-refractivity contribution in [2.45, 2.75) is 38.4 Å². The molecule has 3 rings (SSSR count). The van der Waals surface area contributed by atoms with Gasteiger partial charge in [0.15, 0.2) is 0 Å². The van der Waals surface area contributed by atoms with Crippen molar-refractivity contribution in [2.75, 3.05) is 13.1 Å². The molecule has 0 atom stereocenters. The molecule has 35 heavy (non-hydrogen) atoms. The molecule has 1 fully saturated rings. The number of likely N-dealkylation sites (tertiary alicyclic amines) is 1. The van der Waals surface area contributed by atoms with Crippen molar-refractivity contribution in [2.24, 2.45) is 0 Å². The summed E-state index contributed by atoms with van der Waals surface area (Å²) in [6.45, 7) is 2.68. The van der Waals surface area contributed by atoms with Crippen LogP contribution in [0.15, 0.2) is 40.9 Å². The average molecular weight is 613 g/mol. The zero-order chi connectivity index (χ0) is 25.9. The Morgan fingerprint density at radius 3 is 2.23 bits per heavy atom. The maximum Gasteiger partial charge on any atom is 0.416 e. The lowest BCUT2D eigenvalue weighted by Gasteiger charge is -2.31. The largest absolute Gasteiger partial charge is 0.416 e. The summed E-state index contributed by atoms with van der Waals surface area (Å²) in [4.78, 5) is 25.9. The van der Waals surface area contributed by atoms with Crippen LogP contribution in [0.25, 0.3) is 5.57 Å². The summed E-state index contributed by atoms with van der Waals surface area (Å²) in [5.41, 5.74) is -0.147. The number of nitrogens with zero attached hydrogens (tertiary/aromatic N) is 1. The predicted octanol–water partition coefficient (Wildman–Crippen LogP) is 7.34. The molecule has 2 aromatic rings. The minimum atomic E-state index is -4.64. The van der Waals surface area contributed by atoms with Gasteiger partial charge in [0.2, 0.25) is 5.91 Å². The first kappa shape index (κ1) is 27.8. The van der Waals surface area contributed by atoms with Gasteiger partial charge in [-0.05, 0) is 70.6 Å². The van der Waals surface area contributed by atoms with Crippen LogP contribution in [0.4, 0.5) is 13.2 Å². The number of hydrogen-bond donors (Lipinski definition) is 1. The monoisotopic (exact) mass is 610 g/mol. The lowest BCUT2D eigenvalue weighted by Crippen LogP contribution is -2.46. The van der Waals surface area contributed by atoms with Gasteiger partial charge in [0, 0.05) is 30.5 Å². The number of carbonyl (C=O) groups excluding carboxylic acids is 2. The van der Waals surface area contributed by atoms with Gasteiger partial charge in [-0.15, -0.1) is 0 Å². The van der Waals surface area contributed by atoms with E-state index in [1.807, 2.05) is 0 Å². The molecule has 0 unspecified atom stereocenters. The third-order valence-electron chi connectivity index (χ3n) is 5.70. The second kappa shape index (κ2) is 11.5. The Balaban J connectivity index is 1.74. The van der Waals surface area contributed by atoms with Crippen molar-refractivity contribution in [1.82, 2.24) is 10.2 Å². The van der Waals surface area contributed by atoms with Gasteiger partial charge < -0.3 is 10.2 Å². The summed E-state index contributed by atoms with van der Waals surface area (Å²) >= 11 is 21.0. The van der Waals surface area contributed by atoms with Crippen molar-refractivity contribution >= 4 is 68.1 Å². The van der Waals surface area contributed by atoms with Crippen LogP contribution < -0.4 is 5.32 Å². The Bertz CT molecular complexity index is 1140. The Morgan fingerprint density at radius 2 is 1.71 bits per heavy atom. The van der Waals surface area contributed by atoms with Crippen molar-refractivity contribution in [3.8, 4) is 0 Å². The van der Waals surface area contributed by atoms with Crippen LogP contribution in [-0.4, -0.2) is 42.0 Å². The molecule has 4 nitrogen and oxygen atoms in total. The zero-order valence-corrected chi connectivity index (χ0v) is 22.3. The van der Waals surface area contributed by atoms with Gasteiger partial charge in [-0.25, -0.2) is 0 Å². The minimum Gasteiger partial charge on any atom is -0.349 e. The zero-order valence-electron chi connectivity index (χ0n) is 18.5. The number of rotatable bonds is 5. The highest BCUT2D eigenvalue weighted by molar-refractivity contribution is 9.10. The van der Waals surface area contributed by atoms with E-state index in [1.54, 1.807) is 23.1 Å². The van der Waals surface area contributed by atoms with Gasteiger partial charge in [0.05, 0.1) is 26.2 Å². The van der Waals surface area contributed by atoms with Crippen molar-refractivity contribution in [3.63, 3.8) is 0 Å². The van der Waals surface area contributed by atoms with Gasteiger partial charge in [0.25, 0.3) is 5.91 Å². The van der Waals surface area contributed by atoms with E-state index >= 15 is 0 Å². The van der Waals surface area contributed by atoms with E-state index in [-0.39, 0.29) is 44.9 Å². The van der Waals surface area contributed by atoms with Crippen molar-refractivity contribution in [3.05, 3.63) is 72.6 Å². The number of benzene rings is 2. The molecular weight excluding hydrogens is 592 g/mol. The SMILES string of the molecule is CC(=O)N1CCC(NC(=O)c2ccc(CC=C(c3cc(Cl)c(Cl)c(Cl)c3)C(F)(F)F)cc2Br)CC1. The normalized spacial score (nSPS) is 15.3. The van der Waals surface area contributed by atoms with E-state index in [0.29, 0.717) is 41.5 Å². The Hall–Kier alpha value is -1.74. The maximum atomic E-state index is 13.7. The summed E-state index contributed by atoms with van der Waals surface area (Å²) in [5, 5.41) is 2.80. The molecule has 0 bridgehead atoms. The Morgan fingerprint density at radius 1 is 1.11 bits per heavy atom.